The predicted molar refractivity (Wildman–Crippen MR) is 131 cm³/mol. The van der Waals surface area contributed by atoms with Gasteiger partial charge in [-0.25, -0.2) is 15.0 Å². The second-order valence-corrected chi connectivity index (χ2v) is 7.79. The zero-order valence-electron chi connectivity index (χ0n) is 18.8. The summed E-state index contributed by atoms with van der Waals surface area (Å²) in [6.45, 7) is 0.229. The maximum Gasteiger partial charge on any atom is 0.417 e. The zero-order chi connectivity index (χ0) is 25.7. The number of fused-ring (bicyclic) bond motifs is 1. The monoisotopic (exact) mass is 517 g/mol. The molecule has 0 spiro atoms. The third kappa shape index (κ3) is 5.71. The van der Waals surface area contributed by atoms with Gasteiger partial charge in [-0.1, -0.05) is 11.6 Å². The Hall–Kier alpha value is -4.19. The van der Waals surface area contributed by atoms with Crippen LogP contribution in [0.5, 0.6) is 5.75 Å². The van der Waals surface area contributed by atoms with Crippen LogP contribution in [0.25, 0.3) is 11.2 Å². The summed E-state index contributed by atoms with van der Waals surface area (Å²) in [6.07, 6.45) is -0.815. The number of nitrogens with zero attached hydrogens (tertiary/aromatic N) is 5. The van der Waals surface area contributed by atoms with E-state index in [9.17, 15) is 18.0 Å². The number of ether oxygens (including phenoxy) is 1. The third-order valence-electron chi connectivity index (χ3n) is 5.00. The summed E-state index contributed by atoms with van der Waals surface area (Å²) in [5.41, 5.74) is 2.78. The molecule has 0 radical (unpaired) electrons. The van der Waals surface area contributed by atoms with Crippen molar-refractivity contribution in [2.24, 2.45) is 5.10 Å². The largest absolute Gasteiger partial charge is 0.497 e. The molecule has 0 aliphatic rings. The van der Waals surface area contributed by atoms with E-state index in [4.69, 9.17) is 16.3 Å². The Balaban J connectivity index is 1.52. The lowest BCUT2D eigenvalue weighted by Crippen LogP contribution is -2.28. The Kier molecular flexibility index (Phi) is 7.34. The number of rotatable bonds is 8. The number of alkyl halides is 3. The molecule has 0 fully saturated rings. The molecule has 0 aliphatic carbocycles. The zero-order valence-corrected chi connectivity index (χ0v) is 19.5. The molecule has 186 valence electrons. The van der Waals surface area contributed by atoms with Crippen molar-refractivity contribution in [3.63, 3.8) is 0 Å². The topological polar surface area (TPSA) is 106 Å². The van der Waals surface area contributed by atoms with Crippen LogP contribution in [0.15, 0.2) is 64.8 Å². The quantitative estimate of drug-likeness (QED) is 0.263. The fourth-order valence-electron chi connectivity index (χ4n) is 3.22. The number of nitrogens with one attached hydrogen (secondary N) is 2. The van der Waals surface area contributed by atoms with Crippen molar-refractivity contribution in [2.45, 2.75) is 12.7 Å². The van der Waals surface area contributed by atoms with Crippen molar-refractivity contribution >= 4 is 40.6 Å². The van der Waals surface area contributed by atoms with Gasteiger partial charge in [-0.2, -0.15) is 18.3 Å². The van der Waals surface area contributed by atoms with Crippen LogP contribution in [0, 0.1) is 0 Å². The molecule has 0 atom stereocenters. The lowest BCUT2D eigenvalue weighted by molar-refractivity contribution is -0.137. The van der Waals surface area contributed by atoms with Gasteiger partial charge in [-0.05, 0) is 48.0 Å². The van der Waals surface area contributed by atoms with E-state index >= 15 is 0 Å². The molecule has 0 bridgehead atoms. The molecule has 0 saturated heterocycles. The Morgan fingerprint density at radius 2 is 1.94 bits per heavy atom. The molecule has 0 unspecified atom stereocenters. The van der Waals surface area contributed by atoms with Crippen molar-refractivity contribution in [2.75, 3.05) is 24.4 Å². The number of anilines is 2. The highest BCUT2D eigenvalue weighted by atomic mass is 35.5. The molecule has 2 N–H and O–H groups in total. The molecular weight excluding hydrogens is 499 g/mol. The van der Waals surface area contributed by atoms with Crippen LogP contribution < -0.4 is 21.0 Å². The normalized spacial score (nSPS) is 11.7. The van der Waals surface area contributed by atoms with Crippen LogP contribution in [0.1, 0.15) is 11.1 Å². The van der Waals surface area contributed by atoms with Crippen LogP contribution in [0.2, 0.25) is 5.02 Å². The Morgan fingerprint density at radius 1 is 1.17 bits per heavy atom. The summed E-state index contributed by atoms with van der Waals surface area (Å²) >= 11 is 5.94. The van der Waals surface area contributed by atoms with Gasteiger partial charge in [-0.3, -0.25) is 14.8 Å². The van der Waals surface area contributed by atoms with Crippen molar-refractivity contribution in [1.29, 1.82) is 0 Å². The van der Waals surface area contributed by atoms with Gasteiger partial charge in [0.05, 0.1) is 23.9 Å². The Bertz CT molecular complexity index is 1460. The number of pyridine rings is 2. The highest BCUT2D eigenvalue weighted by Crippen LogP contribution is 2.32. The molecule has 1 aromatic carbocycles. The Morgan fingerprint density at radius 3 is 2.64 bits per heavy atom. The number of hydrogen-bond acceptors (Lipinski definition) is 8. The van der Waals surface area contributed by atoms with Crippen molar-refractivity contribution in [1.82, 2.24) is 19.5 Å². The summed E-state index contributed by atoms with van der Waals surface area (Å²) in [6, 6.07) is 11.3. The second-order valence-electron chi connectivity index (χ2n) is 7.39. The summed E-state index contributed by atoms with van der Waals surface area (Å²) in [5, 5.41) is 6.75. The van der Waals surface area contributed by atoms with Crippen molar-refractivity contribution in [3.8, 4) is 5.75 Å². The van der Waals surface area contributed by atoms with Crippen LogP contribution in [-0.2, 0) is 12.7 Å². The Labute approximate surface area is 207 Å². The van der Waals surface area contributed by atoms with Gasteiger partial charge in [0.25, 0.3) is 5.56 Å². The van der Waals surface area contributed by atoms with Crippen molar-refractivity contribution < 1.29 is 17.9 Å². The number of methoxy groups -OCH3 is 1. The van der Waals surface area contributed by atoms with Crippen molar-refractivity contribution in [3.05, 3.63) is 81.4 Å². The minimum atomic E-state index is -4.55. The van der Waals surface area contributed by atoms with Gasteiger partial charge < -0.3 is 10.1 Å². The molecule has 3 aromatic heterocycles. The van der Waals surface area contributed by atoms with Crippen LogP contribution in [0.4, 0.5) is 24.8 Å². The van der Waals surface area contributed by atoms with Gasteiger partial charge in [0.2, 0.25) is 5.82 Å². The first-order valence-electron chi connectivity index (χ1n) is 10.5. The predicted octanol–water partition coefficient (Wildman–Crippen LogP) is 4.43. The third-order valence-corrected chi connectivity index (χ3v) is 5.29. The maximum absolute atomic E-state index is 13.1. The van der Waals surface area contributed by atoms with Gasteiger partial charge in [0.1, 0.15) is 17.1 Å². The van der Waals surface area contributed by atoms with E-state index < -0.39 is 17.3 Å². The summed E-state index contributed by atoms with van der Waals surface area (Å²) in [5.74, 6) is 0.741. The number of aromatic nitrogens is 4. The molecule has 0 amide bonds. The smallest absolute Gasteiger partial charge is 0.417 e. The molecule has 0 saturated carbocycles. The standard InChI is InChI=1S/C23H19ClF3N7O2/c1-36-16-6-4-14(5-7-16)12-31-33-20-22(35)34(21-18(32-20)3-2-8-29-21)10-9-28-19-17(24)11-15(13-30-19)23(25,26)27/h2-8,11-13H,9-10H2,1H3,(H,28,30)(H,32,33). The average Bonchev–Trinajstić information content (AvgIpc) is 2.86. The SMILES string of the molecule is COc1ccc(C=NNc2nc3cccnc3n(CCNc3ncc(C(F)(F)F)cc3Cl)c2=O)cc1. The number of benzene rings is 1. The van der Waals surface area contributed by atoms with E-state index in [0.29, 0.717) is 23.1 Å². The second kappa shape index (κ2) is 10.6. The van der Waals surface area contributed by atoms with Crippen LogP contribution in [-0.4, -0.2) is 39.4 Å². The lowest BCUT2D eigenvalue weighted by atomic mass is 10.2. The summed E-state index contributed by atoms with van der Waals surface area (Å²) in [7, 11) is 1.57. The van der Waals surface area contributed by atoms with Gasteiger partial charge >= 0.3 is 6.18 Å². The van der Waals surface area contributed by atoms with Gasteiger partial charge in [0, 0.05) is 25.5 Å². The van der Waals surface area contributed by atoms with Crippen LogP contribution in [0.3, 0.4) is 0 Å². The first kappa shape index (κ1) is 24.9. The molecular formula is C23H19ClF3N7O2. The fraction of sp³-hybridized carbons (Fsp3) is 0.174. The van der Waals surface area contributed by atoms with E-state index in [1.807, 2.05) is 0 Å². The van der Waals surface area contributed by atoms with E-state index in [2.05, 4.69) is 30.8 Å². The van der Waals surface area contributed by atoms with Crippen LogP contribution >= 0.6 is 11.6 Å². The molecule has 3 heterocycles. The first-order chi connectivity index (χ1) is 17.3. The van der Waals surface area contributed by atoms with Gasteiger partial charge in [-0.15, -0.1) is 0 Å². The molecule has 36 heavy (non-hydrogen) atoms. The van der Waals surface area contributed by atoms with Gasteiger partial charge in [0.15, 0.2) is 5.65 Å². The molecule has 13 heteroatoms. The van der Waals surface area contributed by atoms with E-state index in [0.717, 1.165) is 11.6 Å². The molecule has 0 aliphatic heterocycles. The molecule has 9 nitrogen and oxygen atoms in total. The molecule has 4 rings (SSSR count). The highest BCUT2D eigenvalue weighted by molar-refractivity contribution is 6.32. The minimum Gasteiger partial charge on any atom is -0.497 e. The van der Waals surface area contributed by atoms with E-state index in [1.165, 1.54) is 17.0 Å². The molecule has 4 aromatic rings. The highest BCUT2D eigenvalue weighted by Gasteiger charge is 2.31. The number of halogens is 4. The lowest BCUT2D eigenvalue weighted by Gasteiger charge is -2.13. The van der Waals surface area contributed by atoms with E-state index in [1.54, 1.807) is 43.5 Å². The minimum absolute atomic E-state index is 0.0223. The summed E-state index contributed by atoms with van der Waals surface area (Å²) in [4.78, 5) is 25.4. The average molecular weight is 518 g/mol. The summed E-state index contributed by atoms with van der Waals surface area (Å²) < 4.78 is 45.0. The first-order valence-corrected chi connectivity index (χ1v) is 10.9. The van der Waals surface area contributed by atoms with E-state index in [-0.39, 0.29) is 29.7 Å². The number of hydrogen-bond donors (Lipinski definition) is 2. The number of hydrazone groups is 1. The fourth-order valence-corrected chi connectivity index (χ4v) is 3.46. The maximum atomic E-state index is 13.1.